The van der Waals surface area contributed by atoms with Gasteiger partial charge in [-0.1, -0.05) is 60.7 Å². The highest BCUT2D eigenvalue weighted by Gasteiger charge is 2.61. The minimum Gasteiger partial charge on any atom is -0.456 e. The van der Waals surface area contributed by atoms with E-state index < -0.39 is 46.7 Å². The molecule has 2 aliphatic heterocycles. The van der Waals surface area contributed by atoms with Crippen LogP contribution in [0.2, 0.25) is 0 Å². The third-order valence-corrected chi connectivity index (χ3v) is 8.69. The fourth-order valence-electron chi connectivity index (χ4n) is 6.81. The van der Waals surface area contributed by atoms with Gasteiger partial charge >= 0.3 is 18.3 Å². The number of hydrogen-bond donors (Lipinski definition) is 0. The molecule has 3 aromatic carbocycles. The van der Waals surface area contributed by atoms with Crippen LogP contribution in [0.4, 0.5) is 26.3 Å². The van der Waals surface area contributed by atoms with Crippen LogP contribution in [0.5, 0.6) is 0 Å². The van der Waals surface area contributed by atoms with E-state index >= 15 is 0 Å². The van der Waals surface area contributed by atoms with Gasteiger partial charge in [0.05, 0.1) is 22.2 Å². The molecule has 4 aromatic rings. The van der Waals surface area contributed by atoms with Crippen molar-refractivity contribution in [1.29, 1.82) is 0 Å². The molecule has 0 radical (unpaired) electrons. The van der Waals surface area contributed by atoms with Crippen LogP contribution in [0, 0.1) is 0 Å². The minimum atomic E-state index is -5.10. The normalized spacial score (nSPS) is 23.9. The van der Waals surface area contributed by atoms with Crippen molar-refractivity contribution >= 4 is 5.97 Å². The van der Waals surface area contributed by atoms with Gasteiger partial charge in [-0.3, -0.25) is 4.90 Å². The molecule has 44 heavy (non-hydrogen) atoms. The Hall–Kier alpha value is -4.26. The van der Waals surface area contributed by atoms with Crippen LogP contribution in [0.3, 0.4) is 0 Å². The molecule has 0 N–H and O–H groups in total. The highest BCUT2D eigenvalue weighted by atomic mass is 19.4. The molecule has 2 saturated heterocycles. The van der Waals surface area contributed by atoms with E-state index in [9.17, 15) is 31.1 Å². The van der Waals surface area contributed by atoms with Crippen molar-refractivity contribution in [2.45, 2.75) is 61.8 Å². The van der Waals surface area contributed by atoms with E-state index in [1.54, 1.807) is 11.7 Å². The van der Waals surface area contributed by atoms with E-state index in [2.05, 4.69) is 20.4 Å². The van der Waals surface area contributed by atoms with Crippen LogP contribution in [-0.4, -0.2) is 43.2 Å². The number of ether oxygens (including phenoxy) is 1. The molecule has 2 aliphatic rings. The first-order valence-corrected chi connectivity index (χ1v) is 14.0. The molecule has 6 rings (SSSR count). The molecule has 0 aliphatic carbocycles. The van der Waals surface area contributed by atoms with E-state index in [0.717, 1.165) is 11.1 Å². The second-order valence-corrected chi connectivity index (χ2v) is 11.2. The zero-order valence-corrected chi connectivity index (χ0v) is 23.4. The number of halogens is 6. The third-order valence-electron chi connectivity index (χ3n) is 8.69. The first-order chi connectivity index (χ1) is 20.9. The lowest BCUT2D eigenvalue weighted by molar-refractivity contribution is -0.143. The van der Waals surface area contributed by atoms with E-state index in [1.807, 2.05) is 60.7 Å². The molecule has 13 heteroatoms. The molecule has 0 spiro atoms. The molecule has 4 atom stereocenters. The maximum Gasteiger partial charge on any atom is 0.416 e. The predicted molar refractivity (Wildman–Crippen MR) is 145 cm³/mol. The SMILES string of the molecule is Cn1nnnc1[C@@H]1C[C@@]2(c3ccccc3)[C@H](OC(=O)c3cc(C(F)(F)F)cc(C(F)(F)F)c3)CC[C@@H]1N2Cc1ccccc1. The minimum absolute atomic E-state index is 0.00839. The van der Waals surface area contributed by atoms with Gasteiger partial charge in [0, 0.05) is 25.6 Å². The summed E-state index contributed by atoms with van der Waals surface area (Å²) < 4.78 is 89.1. The topological polar surface area (TPSA) is 73.1 Å². The van der Waals surface area contributed by atoms with Crippen molar-refractivity contribution in [3.63, 3.8) is 0 Å². The van der Waals surface area contributed by atoms with Crippen molar-refractivity contribution in [1.82, 2.24) is 25.1 Å². The number of hydrogen-bond acceptors (Lipinski definition) is 6. The van der Waals surface area contributed by atoms with Crippen molar-refractivity contribution in [2.24, 2.45) is 7.05 Å². The summed E-state index contributed by atoms with van der Waals surface area (Å²) in [6.07, 6.45) is -9.87. The largest absolute Gasteiger partial charge is 0.456 e. The monoisotopic (exact) mass is 615 g/mol. The molecule has 2 bridgehead atoms. The lowest BCUT2D eigenvalue weighted by atomic mass is 9.78. The van der Waals surface area contributed by atoms with Gasteiger partial charge in [-0.25, -0.2) is 9.48 Å². The van der Waals surface area contributed by atoms with Crippen molar-refractivity contribution < 1.29 is 35.9 Å². The second-order valence-electron chi connectivity index (χ2n) is 11.2. The molecule has 7 nitrogen and oxygen atoms in total. The fourth-order valence-corrected chi connectivity index (χ4v) is 6.81. The quantitative estimate of drug-likeness (QED) is 0.182. The van der Waals surface area contributed by atoms with Crippen LogP contribution in [0.15, 0.2) is 78.9 Å². The van der Waals surface area contributed by atoms with E-state index in [1.165, 1.54) is 0 Å². The number of carbonyl (C=O) groups is 1. The van der Waals surface area contributed by atoms with Crippen LogP contribution >= 0.6 is 0 Å². The Morgan fingerprint density at radius 3 is 2.09 bits per heavy atom. The first kappa shape index (κ1) is 29.8. The van der Waals surface area contributed by atoms with Gasteiger partial charge in [0.15, 0.2) is 5.82 Å². The summed E-state index contributed by atoms with van der Waals surface area (Å²) in [5.74, 6) is -0.831. The highest BCUT2D eigenvalue weighted by Crippen LogP contribution is 2.57. The summed E-state index contributed by atoms with van der Waals surface area (Å²) in [6.45, 7) is 0.442. The number of benzene rings is 3. The van der Waals surface area contributed by atoms with Crippen LogP contribution in [0.1, 0.15) is 63.6 Å². The number of fused-ring (bicyclic) bond motifs is 2. The van der Waals surface area contributed by atoms with Crippen LogP contribution in [-0.2, 0) is 36.2 Å². The van der Waals surface area contributed by atoms with Crippen molar-refractivity contribution in [3.8, 4) is 0 Å². The Morgan fingerprint density at radius 1 is 0.909 bits per heavy atom. The average Bonchev–Trinajstić information content (AvgIpc) is 3.51. The summed E-state index contributed by atoms with van der Waals surface area (Å²) in [5, 5.41) is 12.1. The smallest absolute Gasteiger partial charge is 0.416 e. The number of tetrazole rings is 1. The van der Waals surface area contributed by atoms with Crippen LogP contribution in [0.25, 0.3) is 0 Å². The number of rotatable bonds is 6. The van der Waals surface area contributed by atoms with Gasteiger partial charge in [0.25, 0.3) is 0 Å². The van der Waals surface area contributed by atoms with E-state index in [-0.39, 0.29) is 18.0 Å². The Morgan fingerprint density at radius 2 is 1.52 bits per heavy atom. The first-order valence-electron chi connectivity index (χ1n) is 14.0. The standard InChI is InChI=1S/C31H27F6N5O2/c1-41-27(38-39-40-41)24-17-29(21-10-6-3-7-11-21)26(13-12-25(24)42(29)18-19-8-4-2-5-9-19)44-28(43)20-14-22(30(32,33)34)16-23(15-20)31(35,36)37/h2-11,14-16,24-26H,12-13,17-18H2,1H3/t24-,25+,26-,29-/m1/s1. The molecule has 3 heterocycles. The van der Waals surface area contributed by atoms with Gasteiger partial charge in [-0.15, -0.1) is 5.10 Å². The molecule has 0 amide bonds. The summed E-state index contributed by atoms with van der Waals surface area (Å²) >= 11 is 0. The summed E-state index contributed by atoms with van der Waals surface area (Å²) in [5.41, 5.74) is -3.19. The zero-order chi connectivity index (χ0) is 31.3. The predicted octanol–water partition coefficient (Wildman–Crippen LogP) is 6.52. The molecule has 1 aromatic heterocycles. The lowest BCUT2D eigenvalue weighted by Gasteiger charge is -2.49. The van der Waals surface area contributed by atoms with Gasteiger partial charge in [-0.05, 0) is 59.0 Å². The van der Waals surface area contributed by atoms with Crippen LogP contribution < -0.4 is 0 Å². The molecular formula is C31H27F6N5O2. The zero-order valence-electron chi connectivity index (χ0n) is 23.4. The molecule has 0 unspecified atom stereocenters. The van der Waals surface area contributed by atoms with Gasteiger partial charge < -0.3 is 4.74 Å². The number of nitrogens with zero attached hydrogens (tertiary/aromatic N) is 5. The average molecular weight is 616 g/mol. The summed E-state index contributed by atoms with van der Waals surface area (Å²) in [7, 11) is 1.73. The third kappa shape index (κ3) is 5.33. The van der Waals surface area contributed by atoms with E-state index in [0.29, 0.717) is 43.8 Å². The highest BCUT2D eigenvalue weighted by molar-refractivity contribution is 5.90. The van der Waals surface area contributed by atoms with E-state index in [4.69, 9.17) is 4.74 Å². The summed E-state index contributed by atoms with van der Waals surface area (Å²) in [6, 6.07) is 19.6. The second kappa shape index (κ2) is 11.0. The molecule has 0 saturated carbocycles. The number of alkyl halides is 6. The number of piperidine rings is 1. The number of carbonyl (C=O) groups excluding carboxylic acids is 1. The van der Waals surface area contributed by atoms with Gasteiger partial charge in [0.1, 0.15) is 6.10 Å². The number of aromatic nitrogens is 4. The maximum absolute atomic E-state index is 13.6. The summed E-state index contributed by atoms with van der Waals surface area (Å²) in [4.78, 5) is 15.8. The molecule has 2 fully saturated rings. The Bertz CT molecular complexity index is 1610. The van der Waals surface area contributed by atoms with Crippen molar-refractivity contribution in [3.05, 3.63) is 113 Å². The Balaban J connectivity index is 1.45. The fraction of sp³-hybridized carbons (Fsp3) is 0.355. The Kier molecular flexibility index (Phi) is 7.47. The molecule has 230 valence electrons. The number of aryl methyl sites for hydroxylation is 1. The number of esters is 1. The lowest BCUT2D eigenvalue weighted by Crippen LogP contribution is -2.57. The van der Waals surface area contributed by atoms with Gasteiger partial charge in [-0.2, -0.15) is 26.3 Å². The van der Waals surface area contributed by atoms with Crippen molar-refractivity contribution in [2.75, 3.05) is 0 Å². The Labute approximate surface area is 248 Å². The molecular weight excluding hydrogens is 588 g/mol. The van der Waals surface area contributed by atoms with Gasteiger partial charge in [0.2, 0.25) is 0 Å². The maximum atomic E-state index is 13.6.